The Morgan fingerprint density at radius 3 is 1.15 bits per heavy atom. The Labute approximate surface area is 249 Å². The summed E-state index contributed by atoms with van der Waals surface area (Å²) >= 11 is 0. The summed E-state index contributed by atoms with van der Waals surface area (Å²) in [6.45, 7) is 9.46. The van der Waals surface area contributed by atoms with Crippen LogP contribution in [0.1, 0.15) is 132 Å². The lowest BCUT2D eigenvalue weighted by Gasteiger charge is -2.05. The molecular weight excluding hydrogens is 536 g/mol. The zero-order valence-electron chi connectivity index (χ0n) is 26.2. The van der Waals surface area contributed by atoms with E-state index in [1.54, 1.807) is 6.92 Å². The monoisotopic (exact) mass is 598 g/mol. The van der Waals surface area contributed by atoms with Crippen LogP contribution >= 0.6 is 0 Å². The molecule has 4 N–H and O–H groups in total. The van der Waals surface area contributed by atoms with Gasteiger partial charge in [-0.25, -0.2) is 0 Å². The van der Waals surface area contributed by atoms with Gasteiger partial charge in [-0.3, -0.25) is 19.2 Å². The Hall–Kier alpha value is -2.24. The fourth-order valence-electron chi connectivity index (χ4n) is 2.55. The van der Waals surface area contributed by atoms with Gasteiger partial charge in [-0.05, 0) is 51.4 Å². The lowest BCUT2D eigenvalue weighted by Crippen LogP contribution is -2.08. The van der Waals surface area contributed by atoms with E-state index in [1.165, 1.54) is 0 Å². The molecule has 0 unspecified atom stereocenters. The van der Waals surface area contributed by atoms with Crippen LogP contribution in [-0.4, -0.2) is 83.9 Å². The van der Waals surface area contributed by atoms with Gasteiger partial charge in [0.15, 0.2) is 0 Å². The van der Waals surface area contributed by atoms with Crippen LogP contribution in [0.5, 0.6) is 0 Å². The molecule has 0 radical (unpaired) electrons. The lowest BCUT2D eigenvalue weighted by molar-refractivity contribution is -0.146. The van der Waals surface area contributed by atoms with Gasteiger partial charge >= 0.3 is 23.9 Å². The predicted octanol–water partition coefficient (Wildman–Crippen LogP) is 5.20. The number of hydrogen-bond donors (Lipinski definition) is 4. The van der Waals surface area contributed by atoms with Gasteiger partial charge in [-0.15, -0.1) is 0 Å². The Kier molecular flexibility index (Phi) is 47.1. The summed E-state index contributed by atoms with van der Waals surface area (Å²) in [6, 6.07) is 0. The van der Waals surface area contributed by atoms with Crippen molar-refractivity contribution in [3.63, 3.8) is 0 Å². The zero-order valence-corrected chi connectivity index (χ0v) is 26.2. The number of carbonyl (C=O) groups is 4. The molecule has 0 aromatic rings. The van der Waals surface area contributed by atoms with Crippen molar-refractivity contribution in [1.29, 1.82) is 0 Å². The smallest absolute Gasteiger partial charge is 0.305 e. The van der Waals surface area contributed by atoms with Crippen molar-refractivity contribution in [2.45, 2.75) is 130 Å². The minimum Gasteiger partial charge on any atom is -0.481 e. The van der Waals surface area contributed by atoms with Gasteiger partial charge in [-0.1, -0.05) is 53.4 Å². The molecule has 0 atom stereocenters. The summed E-state index contributed by atoms with van der Waals surface area (Å²) in [5, 5.41) is 32.2. The molecule has 0 amide bonds. The maximum absolute atomic E-state index is 11.2. The second-order valence-electron chi connectivity index (χ2n) is 9.01. The molecule has 0 saturated carbocycles. The van der Waals surface area contributed by atoms with E-state index in [1.807, 2.05) is 6.92 Å². The first-order chi connectivity index (χ1) is 19.7. The molecule has 11 nitrogen and oxygen atoms in total. The van der Waals surface area contributed by atoms with Crippen LogP contribution in [0.25, 0.3) is 0 Å². The number of aliphatic hydroxyl groups excluding tert-OH is 3. The molecule has 0 aromatic carbocycles. The summed E-state index contributed by atoms with van der Waals surface area (Å²) in [5.74, 6) is -1.12. The van der Waals surface area contributed by atoms with Crippen LogP contribution in [-0.2, 0) is 33.4 Å². The third-order valence-corrected chi connectivity index (χ3v) is 4.92. The highest BCUT2D eigenvalue weighted by Gasteiger charge is 2.03. The van der Waals surface area contributed by atoms with E-state index in [0.717, 1.165) is 64.2 Å². The van der Waals surface area contributed by atoms with Crippen molar-refractivity contribution in [3.8, 4) is 0 Å². The van der Waals surface area contributed by atoms with Crippen molar-refractivity contribution in [1.82, 2.24) is 0 Å². The molecule has 0 heterocycles. The fraction of sp³-hybridized carbons (Fsp3) is 0.867. The van der Waals surface area contributed by atoms with Gasteiger partial charge in [0.2, 0.25) is 0 Å². The van der Waals surface area contributed by atoms with Gasteiger partial charge in [0.05, 0.1) is 19.8 Å². The predicted molar refractivity (Wildman–Crippen MR) is 160 cm³/mol. The number of hydrogen-bond acceptors (Lipinski definition) is 10. The molecule has 0 bridgehead atoms. The average molecular weight is 599 g/mol. The third-order valence-electron chi connectivity index (χ3n) is 4.92. The van der Waals surface area contributed by atoms with E-state index in [2.05, 4.69) is 13.8 Å². The number of ether oxygens (including phenoxy) is 3. The summed E-state index contributed by atoms with van der Waals surface area (Å²) in [4.78, 5) is 42.6. The molecule has 41 heavy (non-hydrogen) atoms. The van der Waals surface area contributed by atoms with Crippen molar-refractivity contribution >= 4 is 23.9 Å². The number of aliphatic carboxylic acids is 1. The fourth-order valence-corrected chi connectivity index (χ4v) is 2.55. The Morgan fingerprint density at radius 2 is 0.878 bits per heavy atom. The molecule has 11 heteroatoms. The second-order valence-corrected chi connectivity index (χ2v) is 9.01. The number of rotatable bonds is 22. The number of carboxylic acids is 1. The zero-order chi connectivity index (χ0) is 32.0. The number of aliphatic hydroxyl groups is 3. The molecule has 0 saturated heterocycles. The van der Waals surface area contributed by atoms with E-state index in [-0.39, 0.29) is 39.2 Å². The maximum Gasteiger partial charge on any atom is 0.305 e. The van der Waals surface area contributed by atoms with Gasteiger partial charge in [0, 0.05) is 46.9 Å². The molecule has 0 spiro atoms. The highest BCUT2D eigenvalue weighted by atomic mass is 16.5. The van der Waals surface area contributed by atoms with E-state index in [0.29, 0.717) is 58.3 Å². The standard InChI is InChI=1S/C13H24O4.C10H20O3.C4H8O2.C3H8O2.H2/c1-3-5-6-9-13(15)17-11-8-7-10-16-12(14)4-2;1-2-3-4-7-10(12)13-9-6-5-8-11;1-2-3-4(5)6;4-2-1-3-5;/h3-11H2,1-2H3;11H,2-9H2,1H3;2-3H2,1H3,(H,5,6);4-5H,1-3H2;1H. The van der Waals surface area contributed by atoms with Gasteiger partial charge < -0.3 is 34.6 Å². The molecular formula is C30H62O11. The van der Waals surface area contributed by atoms with Crippen LogP contribution in [0.15, 0.2) is 0 Å². The first-order valence-corrected chi connectivity index (χ1v) is 15.2. The first kappa shape index (κ1) is 45.7. The van der Waals surface area contributed by atoms with E-state index in [9.17, 15) is 19.2 Å². The number of unbranched alkanes of at least 4 members (excludes halogenated alkanes) is 6. The molecule has 0 fully saturated rings. The lowest BCUT2D eigenvalue weighted by atomic mass is 10.2. The summed E-state index contributed by atoms with van der Waals surface area (Å²) in [5.41, 5.74) is 0. The summed E-state index contributed by atoms with van der Waals surface area (Å²) in [7, 11) is 0. The maximum atomic E-state index is 11.2. The molecule has 0 aliphatic rings. The molecule has 0 rings (SSSR count). The number of carboxylic acid groups (broad SMARTS) is 1. The SMILES string of the molecule is CCCC(=O)O.CCCCCC(=O)OCCCCO.CCCCCC(=O)OCCCCOC(=O)CC.OCCCO.[HH]. The average Bonchev–Trinajstić information content (AvgIpc) is 2.94. The molecule has 0 aliphatic carbocycles. The first-order valence-electron chi connectivity index (χ1n) is 15.2. The minimum atomic E-state index is -0.711. The van der Waals surface area contributed by atoms with Crippen molar-refractivity contribution in [3.05, 3.63) is 0 Å². The quantitative estimate of drug-likeness (QED) is 0.0731. The van der Waals surface area contributed by atoms with E-state index >= 15 is 0 Å². The van der Waals surface area contributed by atoms with E-state index in [4.69, 9.17) is 34.6 Å². The third kappa shape index (κ3) is 54.5. The van der Waals surface area contributed by atoms with Crippen LogP contribution in [0.3, 0.4) is 0 Å². The Morgan fingerprint density at radius 1 is 0.488 bits per heavy atom. The minimum absolute atomic E-state index is 0. The molecule has 0 aromatic heterocycles. The van der Waals surface area contributed by atoms with Crippen LogP contribution < -0.4 is 0 Å². The molecule has 248 valence electrons. The Balaban J connectivity index is -0.000000160. The highest BCUT2D eigenvalue weighted by Crippen LogP contribution is 2.02. The van der Waals surface area contributed by atoms with Crippen molar-refractivity contribution < 1.29 is 55.2 Å². The van der Waals surface area contributed by atoms with Crippen molar-refractivity contribution in [2.24, 2.45) is 0 Å². The van der Waals surface area contributed by atoms with Gasteiger partial charge in [0.1, 0.15) is 0 Å². The van der Waals surface area contributed by atoms with Crippen LogP contribution in [0.4, 0.5) is 0 Å². The highest BCUT2D eigenvalue weighted by molar-refractivity contribution is 5.69. The largest absolute Gasteiger partial charge is 0.481 e. The topological polar surface area (TPSA) is 177 Å². The molecule has 0 aliphatic heterocycles. The van der Waals surface area contributed by atoms with Gasteiger partial charge in [-0.2, -0.15) is 0 Å². The van der Waals surface area contributed by atoms with Gasteiger partial charge in [0.25, 0.3) is 0 Å². The van der Waals surface area contributed by atoms with Crippen LogP contribution in [0.2, 0.25) is 0 Å². The Bertz CT molecular complexity index is 573. The second kappa shape index (κ2) is 42.2. The summed E-state index contributed by atoms with van der Waals surface area (Å²) in [6.07, 6.45) is 12.2. The van der Waals surface area contributed by atoms with E-state index < -0.39 is 5.97 Å². The number of esters is 3. The normalized spacial score (nSPS) is 9.54. The number of carbonyl (C=O) groups excluding carboxylic acids is 3. The van der Waals surface area contributed by atoms with Crippen molar-refractivity contribution in [2.75, 3.05) is 39.6 Å². The van der Waals surface area contributed by atoms with Crippen LogP contribution in [0, 0.1) is 0 Å². The summed E-state index contributed by atoms with van der Waals surface area (Å²) < 4.78 is 14.9.